The summed E-state index contributed by atoms with van der Waals surface area (Å²) in [5, 5.41) is 3.41. The lowest BCUT2D eigenvalue weighted by Crippen LogP contribution is -2.01. The molecule has 0 radical (unpaired) electrons. The van der Waals surface area contributed by atoms with Crippen LogP contribution in [-0.4, -0.2) is 24.1 Å². The van der Waals surface area contributed by atoms with E-state index in [0.717, 1.165) is 72.2 Å². The molecule has 0 saturated heterocycles. The minimum absolute atomic E-state index is 0.853. The van der Waals surface area contributed by atoms with Crippen LogP contribution in [0.2, 0.25) is 0 Å². The highest BCUT2D eigenvalue weighted by Gasteiger charge is 2.22. The summed E-state index contributed by atoms with van der Waals surface area (Å²) in [6, 6.07) is 46.5. The Morgan fingerprint density at radius 1 is 0.500 bits per heavy atom. The van der Waals surface area contributed by atoms with Crippen LogP contribution < -0.4 is 0 Å². The first-order valence-corrected chi connectivity index (χ1v) is 14.7. The quantitative estimate of drug-likeness (QED) is 0.214. The lowest BCUT2D eigenvalue weighted by atomic mass is 10.0. The molecular weight excluding hydrogens is 538 g/mol. The SMILES string of the molecule is c1ccc(-c2cc(-c3ccccc3)nc(-n3c4ccccc4c4ncc5c(c6ccccc6n5-c5ccncc5)c43)c2)cc1. The van der Waals surface area contributed by atoms with Gasteiger partial charge in [0.2, 0.25) is 0 Å². The zero-order valence-corrected chi connectivity index (χ0v) is 23.7. The van der Waals surface area contributed by atoms with Crippen molar-refractivity contribution in [3.05, 3.63) is 152 Å². The van der Waals surface area contributed by atoms with Crippen LogP contribution in [0.3, 0.4) is 0 Å². The molecule has 0 aliphatic heterocycles. The van der Waals surface area contributed by atoms with Crippen LogP contribution in [-0.2, 0) is 0 Å². The highest BCUT2D eigenvalue weighted by Crippen LogP contribution is 2.41. The van der Waals surface area contributed by atoms with Gasteiger partial charge in [0.05, 0.1) is 39.5 Å². The Balaban J connectivity index is 1.46. The Hall–Kier alpha value is -6.07. The van der Waals surface area contributed by atoms with Gasteiger partial charge in [-0.05, 0) is 47.5 Å². The van der Waals surface area contributed by atoms with Crippen molar-refractivity contribution < 1.29 is 0 Å². The maximum absolute atomic E-state index is 5.34. The number of aromatic nitrogens is 5. The number of pyridine rings is 3. The summed E-state index contributed by atoms with van der Waals surface area (Å²) in [5.41, 5.74) is 10.5. The Bertz CT molecular complexity index is 2420. The third kappa shape index (κ3) is 3.69. The number of para-hydroxylation sites is 2. The van der Waals surface area contributed by atoms with Crippen molar-refractivity contribution in [1.82, 2.24) is 24.1 Å². The van der Waals surface area contributed by atoms with E-state index in [9.17, 15) is 0 Å². The molecule has 4 aromatic carbocycles. The molecule has 0 aliphatic rings. The van der Waals surface area contributed by atoms with Crippen LogP contribution in [0.5, 0.6) is 0 Å². The van der Waals surface area contributed by atoms with E-state index in [1.54, 1.807) is 0 Å². The average Bonchev–Trinajstić information content (AvgIpc) is 3.62. The Morgan fingerprint density at radius 2 is 1.14 bits per heavy atom. The van der Waals surface area contributed by atoms with Crippen LogP contribution >= 0.6 is 0 Å². The van der Waals surface area contributed by atoms with Crippen molar-refractivity contribution in [3.8, 4) is 33.9 Å². The van der Waals surface area contributed by atoms with Gasteiger partial charge in [-0.25, -0.2) is 4.98 Å². The largest absolute Gasteiger partial charge is 0.308 e. The summed E-state index contributed by atoms with van der Waals surface area (Å²) >= 11 is 0. The molecule has 5 heteroatoms. The minimum atomic E-state index is 0.853. The summed E-state index contributed by atoms with van der Waals surface area (Å²) in [6.07, 6.45) is 5.68. The average molecular weight is 564 g/mol. The number of benzene rings is 4. The van der Waals surface area contributed by atoms with Gasteiger partial charge < -0.3 is 4.57 Å². The third-order valence-electron chi connectivity index (χ3n) is 8.45. The molecule has 0 amide bonds. The standard InChI is InChI=1S/C39H25N5/c1-3-11-26(12-4-1)28-23-32(27-13-5-2-6-14-27)42-36(24-28)44-34-18-10-8-16-31(34)38-39(44)37-30-15-7-9-17-33(30)43(35(37)25-41-38)29-19-21-40-22-20-29/h1-25H. The van der Waals surface area contributed by atoms with E-state index in [4.69, 9.17) is 9.97 Å². The molecule has 0 unspecified atom stereocenters. The Morgan fingerprint density at radius 3 is 1.89 bits per heavy atom. The van der Waals surface area contributed by atoms with Gasteiger partial charge in [-0.15, -0.1) is 0 Å². The van der Waals surface area contributed by atoms with Crippen molar-refractivity contribution >= 4 is 43.7 Å². The predicted octanol–water partition coefficient (Wildman–Crippen LogP) is 9.40. The Labute approximate surface area is 253 Å². The first-order valence-electron chi connectivity index (χ1n) is 14.7. The van der Waals surface area contributed by atoms with Gasteiger partial charge in [-0.2, -0.15) is 0 Å². The van der Waals surface area contributed by atoms with Crippen molar-refractivity contribution in [2.75, 3.05) is 0 Å². The zero-order valence-electron chi connectivity index (χ0n) is 23.7. The molecule has 0 fully saturated rings. The second kappa shape index (κ2) is 9.75. The van der Waals surface area contributed by atoms with Gasteiger partial charge in [-0.1, -0.05) is 97.1 Å². The molecule has 44 heavy (non-hydrogen) atoms. The highest BCUT2D eigenvalue weighted by molar-refractivity contribution is 6.24. The number of hydrogen-bond donors (Lipinski definition) is 0. The normalized spacial score (nSPS) is 11.6. The predicted molar refractivity (Wildman–Crippen MR) is 179 cm³/mol. The van der Waals surface area contributed by atoms with Crippen LogP contribution in [0.15, 0.2) is 152 Å². The van der Waals surface area contributed by atoms with Gasteiger partial charge in [-0.3, -0.25) is 14.5 Å². The summed E-state index contributed by atoms with van der Waals surface area (Å²) in [6.45, 7) is 0. The molecule has 9 aromatic rings. The summed E-state index contributed by atoms with van der Waals surface area (Å²) in [5.74, 6) is 0.853. The zero-order chi connectivity index (χ0) is 29.0. The highest BCUT2D eigenvalue weighted by atomic mass is 15.1. The molecule has 0 atom stereocenters. The monoisotopic (exact) mass is 563 g/mol. The molecule has 5 aromatic heterocycles. The molecule has 0 N–H and O–H groups in total. The van der Waals surface area contributed by atoms with Crippen molar-refractivity contribution in [2.24, 2.45) is 0 Å². The van der Waals surface area contributed by atoms with E-state index in [-0.39, 0.29) is 0 Å². The first kappa shape index (κ1) is 24.5. The smallest absolute Gasteiger partial charge is 0.138 e. The van der Waals surface area contributed by atoms with Gasteiger partial charge >= 0.3 is 0 Å². The lowest BCUT2D eigenvalue weighted by Gasteiger charge is -2.13. The van der Waals surface area contributed by atoms with Gasteiger partial charge in [0.25, 0.3) is 0 Å². The fourth-order valence-electron chi connectivity index (χ4n) is 6.53. The minimum Gasteiger partial charge on any atom is -0.308 e. The number of rotatable bonds is 4. The maximum atomic E-state index is 5.34. The summed E-state index contributed by atoms with van der Waals surface area (Å²) < 4.78 is 4.59. The molecule has 9 rings (SSSR count). The molecule has 5 heterocycles. The molecular formula is C39H25N5. The summed E-state index contributed by atoms with van der Waals surface area (Å²) in [4.78, 5) is 14.8. The lowest BCUT2D eigenvalue weighted by molar-refractivity contribution is 1.09. The van der Waals surface area contributed by atoms with Crippen LogP contribution in [0.4, 0.5) is 0 Å². The van der Waals surface area contributed by atoms with Crippen molar-refractivity contribution in [3.63, 3.8) is 0 Å². The molecule has 0 saturated carbocycles. The van der Waals surface area contributed by atoms with Gasteiger partial charge in [0, 0.05) is 39.8 Å². The number of hydrogen-bond acceptors (Lipinski definition) is 3. The maximum Gasteiger partial charge on any atom is 0.138 e. The molecule has 0 bridgehead atoms. The first-order chi connectivity index (χ1) is 21.8. The Kier molecular flexibility index (Phi) is 5.43. The summed E-state index contributed by atoms with van der Waals surface area (Å²) in [7, 11) is 0. The second-order valence-corrected chi connectivity index (χ2v) is 11.0. The molecule has 5 nitrogen and oxygen atoms in total. The molecule has 206 valence electrons. The third-order valence-corrected chi connectivity index (χ3v) is 8.45. The topological polar surface area (TPSA) is 48.5 Å². The molecule has 0 spiro atoms. The van der Waals surface area contributed by atoms with Crippen LogP contribution in [0.25, 0.3) is 77.6 Å². The van der Waals surface area contributed by atoms with E-state index in [1.807, 2.05) is 36.8 Å². The van der Waals surface area contributed by atoms with E-state index < -0.39 is 0 Å². The van der Waals surface area contributed by atoms with Crippen molar-refractivity contribution in [1.29, 1.82) is 0 Å². The number of fused-ring (bicyclic) bond motifs is 7. The van der Waals surface area contributed by atoms with Crippen molar-refractivity contribution in [2.45, 2.75) is 0 Å². The van der Waals surface area contributed by atoms with E-state index in [1.165, 1.54) is 5.39 Å². The fourth-order valence-corrected chi connectivity index (χ4v) is 6.53. The second-order valence-electron chi connectivity index (χ2n) is 11.0. The van der Waals surface area contributed by atoms with Gasteiger partial charge in [0.15, 0.2) is 0 Å². The van der Waals surface area contributed by atoms with Crippen LogP contribution in [0, 0.1) is 0 Å². The van der Waals surface area contributed by atoms with Crippen LogP contribution in [0.1, 0.15) is 0 Å². The number of nitrogens with zero attached hydrogens (tertiary/aromatic N) is 5. The van der Waals surface area contributed by atoms with E-state index in [2.05, 4.69) is 129 Å². The van der Waals surface area contributed by atoms with Gasteiger partial charge in [0.1, 0.15) is 5.82 Å². The van der Waals surface area contributed by atoms with E-state index >= 15 is 0 Å². The fraction of sp³-hybridized carbons (Fsp3) is 0. The molecule has 0 aliphatic carbocycles. The van der Waals surface area contributed by atoms with E-state index in [0.29, 0.717) is 0 Å².